The monoisotopic (exact) mass is 480 g/mol. The summed E-state index contributed by atoms with van der Waals surface area (Å²) in [6.07, 6.45) is -1.10. The van der Waals surface area contributed by atoms with Crippen LogP contribution in [0.5, 0.6) is 5.75 Å². The fraction of sp³-hybridized carbons (Fsp3) is 0.240. The van der Waals surface area contributed by atoms with Crippen molar-refractivity contribution in [3.63, 3.8) is 0 Å². The molecule has 9 heteroatoms. The van der Waals surface area contributed by atoms with E-state index in [0.717, 1.165) is 7.11 Å². The van der Waals surface area contributed by atoms with E-state index >= 15 is 4.39 Å². The molecule has 2 aromatic carbocycles. The minimum atomic E-state index is -3.13. The lowest BCUT2D eigenvalue weighted by Gasteiger charge is -2.40. The second-order valence-electron chi connectivity index (χ2n) is 8.30. The predicted octanol–water partition coefficient (Wildman–Crippen LogP) is 3.12. The number of benzene rings is 2. The first-order valence-corrected chi connectivity index (χ1v) is 10.7. The fourth-order valence-corrected chi connectivity index (χ4v) is 5.48. The molecule has 1 fully saturated rings. The molecular weight excluding hydrogens is 463 g/mol. The molecule has 172 valence electrons. The number of rotatable bonds is 3. The standard InChI is InChI=1S/C25H18ClFN2O5/c1-33-22(31)23(27)19(15-5-3-2-4-6-15)25(16-9-7-14(12-28)8-10-16)24(32,21(23)30)20-18(34-25)11-17(26)13-29-20/h2-11,13,19,21,30,32H,1H3/t19-,21-,23?,24+,25?/m1/s1. The van der Waals surface area contributed by atoms with Crippen LogP contribution in [0.3, 0.4) is 0 Å². The van der Waals surface area contributed by atoms with Crippen molar-refractivity contribution in [1.29, 1.82) is 5.26 Å². The molecule has 2 heterocycles. The maximum absolute atomic E-state index is 17.0. The number of aliphatic hydroxyl groups is 2. The van der Waals surface area contributed by atoms with E-state index in [1.54, 1.807) is 30.3 Å². The summed E-state index contributed by atoms with van der Waals surface area (Å²) in [4.78, 5) is 17.1. The zero-order chi connectivity index (χ0) is 24.3. The van der Waals surface area contributed by atoms with E-state index in [2.05, 4.69) is 4.98 Å². The molecule has 1 saturated carbocycles. The van der Waals surface area contributed by atoms with Crippen molar-refractivity contribution in [2.45, 2.75) is 28.9 Å². The second-order valence-corrected chi connectivity index (χ2v) is 8.74. The van der Waals surface area contributed by atoms with E-state index in [0.29, 0.717) is 5.56 Å². The van der Waals surface area contributed by atoms with Gasteiger partial charge in [0, 0.05) is 12.3 Å². The molecule has 0 radical (unpaired) electrons. The molecule has 2 unspecified atom stereocenters. The molecule has 1 aromatic heterocycles. The molecule has 3 aromatic rings. The molecule has 34 heavy (non-hydrogen) atoms. The fourth-order valence-electron chi connectivity index (χ4n) is 5.33. The van der Waals surface area contributed by atoms with Gasteiger partial charge >= 0.3 is 5.97 Å². The van der Waals surface area contributed by atoms with Crippen LogP contribution < -0.4 is 4.74 Å². The van der Waals surface area contributed by atoms with Gasteiger partial charge < -0.3 is 19.7 Å². The number of carbonyl (C=O) groups excluding carboxylic acids is 1. The summed E-state index contributed by atoms with van der Waals surface area (Å²) in [5, 5.41) is 33.1. The van der Waals surface area contributed by atoms with Crippen LogP contribution in [0.4, 0.5) is 4.39 Å². The van der Waals surface area contributed by atoms with Gasteiger partial charge in [0.15, 0.2) is 11.2 Å². The van der Waals surface area contributed by atoms with Gasteiger partial charge in [0.05, 0.1) is 29.7 Å². The van der Waals surface area contributed by atoms with Gasteiger partial charge in [0.25, 0.3) is 0 Å². The number of ether oxygens (including phenoxy) is 2. The first-order chi connectivity index (χ1) is 16.2. The first kappa shape index (κ1) is 22.3. The summed E-state index contributed by atoms with van der Waals surface area (Å²) in [6, 6.07) is 17.5. The highest BCUT2D eigenvalue weighted by Crippen LogP contribution is 2.70. The third kappa shape index (κ3) is 2.57. The first-order valence-electron chi connectivity index (χ1n) is 10.3. The number of hydrogen-bond acceptors (Lipinski definition) is 7. The molecule has 0 saturated heterocycles. The Morgan fingerprint density at radius 1 is 1.24 bits per heavy atom. The molecule has 5 atom stereocenters. The van der Waals surface area contributed by atoms with Crippen LogP contribution in [0.15, 0.2) is 66.9 Å². The maximum atomic E-state index is 17.0. The highest BCUT2D eigenvalue weighted by molar-refractivity contribution is 6.30. The summed E-state index contributed by atoms with van der Waals surface area (Å²) in [5.41, 5.74) is -7.08. The van der Waals surface area contributed by atoms with E-state index in [-0.39, 0.29) is 27.6 Å². The highest BCUT2D eigenvalue weighted by atomic mass is 35.5. The number of aliphatic hydroxyl groups excluding tert-OH is 1. The Kier molecular flexibility index (Phi) is 4.92. The van der Waals surface area contributed by atoms with E-state index in [9.17, 15) is 20.3 Å². The smallest absolute Gasteiger partial charge is 0.347 e. The summed E-state index contributed by atoms with van der Waals surface area (Å²) in [6.45, 7) is 0. The number of fused-ring (bicyclic) bond motifs is 3. The second kappa shape index (κ2) is 7.50. The minimum absolute atomic E-state index is 0.0336. The number of nitrogens with zero attached hydrogens (tertiary/aromatic N) is 2. The molecule has 1 aliphatic heterocycles. The van der Waals surface area contributed by atoms with E-state index in [1.807, 2.05) is 6.07 Å². The molecular formula is C25H18ClFN2O5. The van der Waals surface area contributed by atoms with Gasteiger partial charge in [0.2, 0.25) is 5.67 Å². The van der Waals surface area contributed by atoms with E-state index < -0.39 is 34.9 Å². The Morgan fingerprint density at radius 3 is 2.53 bits per heavy atom. The average molecular weight is 481 g/mol. The molecule has 2 N–H and O–H groups in total. The van der Waals surface area contributed by atoms with Crippen LogP contribution in [0, 0.1) is 11.3 Å². The van der Waals surface area contributed by atoms with E-state index in [4.69, 9.17) is 21.1 Å². The topological polar surface area (TPSA) is 113 Å². The van der Waals surface area contributed by atoms with E-state index in [1.165, 1.54) is 36.5 Å². The lowest BCUT2D eigenvalue weighted by Crippen LogP contribution is -2.53. The molecule has 1 aliphatic carbocycles. The number of pyridine rings is 1. The summed E-state index contributed by atoms with van der Waals surface area (Å²) < 4.78 is 28.1. The largest absolute Gasteiger partial charge is 0.476 e. The number of esters is 1. The zero-order valence-corrected chi connectivity index (χ0v) is 18.5. The van der Waals surface area contributed by atoms with Crippen molar-refractivity contribution in [2.75, 3.05) is 7.11 Å². The molecule has 7 nitrogen and oxygen atoms in total. The number of carbonyl (C=O) groups is 1. The average Bonchev–Trinajstić information content (AvgIpc) is 3.20. The van der Waals surface area contributed by atoms with Crippen LogP contribution in [-0.4, -0.2) is 40.0 Å². The predicted molar refractivity (Wildman–Crippen MR) is 118 cm³/mol. The Hall–Kier alpha value is -3.51. The Bertz CT molecular complexity index is 1330. The van der Waals surface area contributed by atoms with Crippen LogP contribution >= 0.6 is 11.6 Å². The van der Waals surface area contributed by atoms with Gasteiger partial charge in [-0.15, -0.1) is 0 Å². The maximum Gasteiger partial charge on any atom is 0.347 e. The van der Waals surface area contributed by atoms with Gasteiger partial charge in [-0.2, -0.15) is 5.26 Å². The van der Waals surface area contributed by atoms with Crippen LogP contribution in [-0.2, 0) is 20.7 Å². The van der Waals surface area contributed by atoms with Crippen molar-refractivity contribution in [3.8, 4) is 11.8 Å². The number of aromatic nitrogens is 1. The SMILES string of the molecule is COC(=O)C1(F)[C@@H](c2ccccc2)C2(c3ccc(C#N)cc3)Oc3cc(Cl)cnc3[C@]2(O)[C@@H]1O. The Morgan fingerprint density at radius 2 is 1.91 bits per heavy atom. The number of methoxy groups -OCH3 is 1. The zero-order valence-electron chi connectivity index (χ0n) is 17.8. The van der Waals surface area contributed by atoms with Crippen molar-refractivity contribution in [2.24, 2.45) is 0 Å². The number of alkyl halides is 1. The lowest BCUT2D eigenvalue weighted by atomic mass is 9.71. The molecule has 2 aliphatic rings. The quantitative estimate of drug-likeness (QED) is 0.554. The van der Waals surface area contributed by atoms with Crippen molar-refractivity contribution in [1.82, 2.24) is 4.98 Å². The molecule has 0 amide bonds. The highest BCUT2D eigenvalue weighted by Gasteiger charge is 2.85. The Labute approximate surface area is 199 Å². The number of nitriles is 1. The van der Waals surface area contributed by atoms with Crippen LogP contribution in [0.1, 0.15) is 28.3 Å². The van der Waals surface area contributed by atoms with Gasteiger partial charge in [-0.25, -0.2) is 9.18 Å². The number of hydrogen-bond donors (Lipinski definition) is 2. The van der Waals surface area contributed by atoms with Crippen molar-refractivity contribution < 1.29 is 28.9 Å². The summed E-state index contributed by atoms with van der Waals surface area (Å²) >= 11 is 6.10. The van der Waals surface area contributed by atoms with Crippen molar-refractivity contribution in [3.05, 3.63) is 94.3 Å². The third-order valence-electron chi connectivity index (χ3n) is 6.71. The molecule has 0 bridgehead atoms. The minimum Gasteiger partial charge on any atom is -0.476 e. The Balaban J connectivity index is 1.91. The molecule has 5 rings (SSSR count). The van der Waals surface area contributed by atoms with Gasteiger partial charge in [-0.05, 0) is 23.3 Å². The summed E-state index contributed by atoms with van der Waals surface area (Å²) in [7, 11) is 0.998. The summed E-state index contributed by atoms with van der Waals surface area (Å²) in [5.74, 6) is -2.91. The van der Waals surface area contributed by atoms with Crippen molar-refractivity contribution >= 4 is 17.6 Å². The van der Waals surface area contributed by atoms with Gasteiger partial charge in [-0.1, -0.05) is 54.1 Å². The normalized spacial score (nSPS) is 31.2. The van der Waals surface area contributed by atoms with Gasteiger partial charge in [-0.3, -0.25) is 4.98 Å². The molecule has 0 spiro atoms. The van der Waals surface area contributed by atoms with Crippen LogP contribution in [0.2, 0.25) is 5.02 Å². The number of halogens is 2. The third-order valence-corrected chi connectivity index (χ3v) is 6.92. The van der Waals surface area contributed by atoms with Crippen LogP contribution in [0.25, 0.3) is 0 Å². The lowest BCUT2D eigenvalue weighted by molar-refractivity contribution is -0.176. The van der Waals surface area contributed by atoms with Gasteiger partial charge in [0.1, 0.15) is 17.5 Å².